The molecule has 0 bridgehead atoms. The van der Waals surface area contributed by atoms with Crippen LogP contribution < -0.4 is 5.43 Å². The molecule has 128 valence electrons. The lowest BCUT2D eigenvalue weighted by Gasteiger charge is -2.22. The van der Waals surface area contributed by atoms with Crippen molar-refractivity contribution in [1.82, 2.24) is 10.4 Å². The molecule has 0 saturated carbocycles. The highest BCUT2D eigenvalue weighted by atomic mass is 16.6. The first-order valence-corrected chi connectivity index (χ1v) is 7.36. The molecule has 0 fully saturated rings. The molecule has 1 aromatic rings. The van der Waals surface area contributed by atoms with Crippen LogP contribution in [-0.4, -0.2) is 36.2 Å². The van der Waals surface area contributed by atoms with Gasteiger partial charge in [-0.05, 0) is 25.5 Å². The first kappa shape index (κ1) is 19.0. The molecule has 0 aliphatic carbocycles. The summed E-state index contributed by atoms with van der Waals surface area (Å²) in [5.41, 5.74) is 2.66. The monoisotopic (exact) mass is 332 g/mol. The number of carbonyl (C=O) groups is 3. The zero-order valence-electron chi connectivity index (χ0n) is 13.7. The van der Waals surface area contributed by atoms with Gasteiger partial charge in [0.1, 0.15) is 5.70 Å². The maximum atomic E-state index is 12.2. The number of carbonyl (C=O) groups excluding carboxylic acids is 3. The molecule has 0 saturated heterocycles. The third kappa shape index (κ3) is 5.96. The number of rotatable bonds is 6. The number of hydrogen-bond acceptors (Lipinski definition) is 5. The number of ketones is 1. The van der Waals surface area contributed by atoms with Crippen LogP contribution in [0.2, 0.25) is 0 Å². The lowest BCUT2D eigenvalue weighted by atomic mass is 10.2. The minimum atomic E-state index is -0.933. The van der Waals surface area contributed by atoms with E-state index in [1.165, 1.54) is 6.08 Å². The molecule has 0 aliphatic rings. The average Bonchev–Trinajstić information content (AvgIpc) is 2.58. The molecule has 0 aromatic heterocycles. The van der Waals surface area contributed by atoms with Gasteiger partial charge in [0.25, 0.3) is 0 Å². The predicted octanol–water partition coefficient (Wildman–Crippen LogP) is 2.90. The second-order valence-corrected chi connectivity index (χ2v) is 4.42. The lowest BCUT2D eigenvalue weighted by Crippen LogP contribution is -2.47. The van der Waals surface area contributed by atoms with Gasteiger partial charge in [-0.15, -0.1) is 0 Å². The number of hydrogen-bond donors (Lipinski definition) is 1. The summed E-state index contributed by atoms with van der Waals surface area (Å²) in [7, 11) is 0. The summed E-state index contributed by atoms with van der Waals surface area (Å²) in [5.74, 6) is -0.566. The Labute approximate surface area is 140 Å². The number of ether oxygens (including phenoxy) is 2. The summed E-state index contributed by atoms with van der Waals surface area (Å²) < 4.78 is 9.49. The molecule has 2 amide bonds. The van der Waals surface area contributed by atoms with E-state index in [0.717, 1.165) is 5.56 Å². The Kier molecular flexibility index (Phi) is 7.77. The van der Waals surface area contributed by atoms with Gasteiger partial charge in [0.05, 0.1) is 13.2 Å². The predicted molar refractivity (Wildman–Crippen MR) is 88.6 cm³/mol. The van der Waals surface area contributed by atoms with E-state index < -0.39 is 18.0 Å². The molecular weight excluding hydrogens is 312 g/mol. The van der Waals surface area contributed by atoms with E-state index in [9.17, 15) is 14.4 Å². The molecule has 1 rings (SSSR count). The minimum absolute atomic E-state index is 0.0706. The Morgan fingerprint density at radius 1 is 1.12 bits per heavy atom. The molecule has 0 spiro atoms. The van der Waals surface area contributed by atoms with Crippen LogP contribution in [0.25, 0.3) is 6.08 Å². The molecule has 7 nitrogen and oxygen atoms in total. The summed E-state index contributed by atoms with van der Waals surface area (Å²) in [4.78, 5) is 35.6. The smallest absolute Gasteiger partial charge is 0.433 e. The van der Waals surface area contributed by atoms with E-state index in [0.29, 0.717) is 5.01 Å². The molecule has 1 N–H and O–H groups in total. The first-order valence-electron chi connectivity index (χ1n) is 7.36. The molecular formula is C17H20N2O5. The van der Waals surface area contributed by atoms with Gasteiger partial charge >= 0.3 is 12.2 Å². The van der Waals surface area contributed by atoms with Crippen molar-refractivity contribution in [2.75, 3.05) is 13.2 Å². The van der Waals surface area contributed by atoms with Crippen LogP contribution in [0, 0.1) is 0 Å². The molecule has 1 aromatic carbocycles. The zero-order valence-corrected chi connectivity index (χ0v) is 13.7. The average molecular weight is 332 g/mol. The van der Waals surface area contributed by atoms with Crippen molar-refractivity contribution in [3.63, 3.8) is 0 Å². The van der Waals surface area contributed by atoms with Crippen LogP contribution in [0.3, 0.4) is 0 Å². The van der Waals surface area contributed by atoms with Crippen molar-refractivity contribution >= 4 is 24.0 Å². The molecule has 0 aliphatic heterocycles. The summed E-state index contributed by atoms with van der Waals surface area (Å²) in [6.45, 7) is 6.92. The van der Waals surface area contributed by atoms with Crippen molar-refractivity contribution in [3.8, 4) is 0 Å². The molecule has 0 unspecified atom stereocenters. The molecule has 7 heteroatoms. The van der Waals surface area contributed by atoms with Gasteiger partial charge in [-0.25, -0.2) is 15.0 Å². The minimum Gasteiger partial charge on any atom is -0.449 e. The summed E-state index contributed by atoms with van der Waals surface area (Å²) >= 11 is 0. The quantitative estimate of drug-likeness (QED) is 0.639. The van der Waals surface area contributed by atoms with Gasteiger partial charge < -0.3 is 9.47 Å². The Bertz CT molecular complexity index is 625. The van der Waals surface area contributed by atoms with Crippen molar-refractivity contribution in [2.45, 2.75) is 13.8 Å². The largest absolute Gasteiger partial charge is 0.449 e. The fraction of sp³-hybridized carbons (Fsp3) is 0.235. The van der Waals surface area contributed by atoms with Gasteiger partial charge in [-0.3, -0.25) is 4.79 Å². The second kappa shape index (κ2) is 9.83. The van der Waals surface area contributed by atoms with E-state index in [1.807, 2.05) is 30.3 Å². The molecule has 0 atom stereocenters. The number of amides is 2. The normalized spacial score (nSPS) is 10.1. The number of allylic oxidation sites excluding steroid dienone is 1. The fourth-order valence-corrected chi connectivity index (χ4v) is 1.61. The SMILES string of the molecule is C=C(C(=O)/C=C/c1ccccc1)N(NC(=O)OCC)C(=O)OCC. The van der Waals surface area contributed by atoms with Crippen LogP contribution in [0.4, 0.5) is 9.59 Å². The van der Waals surface area contributed by atoms with E-state index in [1.54, 1.807) is 19.9 Å². The van der Waals surface area contributed by atoms with Gasteiger partial charge in [0, 0.05) is 0 Å². The van der Waals surface area contributed by atoms with Gasteiger partial charge in [-0.2, -0.15) is 5.01 Å². The van der Waals surface area contributed by atoms with Crippen LogP contribution in [0.15, 0.2) is 48.7 Å². The summed E-state index contributed by atoms with van der Waals surface area (Å²) in [6.07, 6.45) is 0.987. The van der Waals surface area contributed by atoms with Crippen molar-refractivity contribution in [1.29, 1.82) is 0 Å². The van der Waals surface area contributed by atoms with E-state index in [2.05, 4.69) is 16.7 Å². The Hall–Kier alpha value is -3.09. The summed E-state index contributed by atoms with van der Waals surface area (Å²) in [6, 6.07) is 9.13. The molecule has 24 heavy (non-hydrogen) atoms. The molecule has 0 radical (unpaired) electrons. The number of nitrogens with zero attached hydrogens (tertiary/aromatic N) is 1. The van der Waals surface area contributed by atoms with Crippen molar-refractivity contribution in [3.05, 3.63) is 54.2 Å². The highest BCUT2D eigenvalue weighted by Crippen LogP contribution is 2.07. The zero-order chi connectivity index (χ0) is 17.9. The standard InChI is InChI=1S/C17H20N2O5/c1-4-23-16(21)18-19(17(22)24-5-2)13(3)15(20)12-11-14-9-7-6-8-10-14/h6-12H,3-5H2,1-2H3,(H,18,21)/b12-11+. The lowest BCUT2D eigenvalue weighted by molar-refractivity contribution is -0.112. The third-order valence-corrected chi connectivity index (χ3v) is 2.71. The first-order chi connectivity index (χ1) is 11.5. The maximum absolute atomic E-state index is 12.2. The van der Waals surface area contributed by atoms with Crippen LogP contribution >= 0.6 is 0 Å². The Balaban J connectivity index is 2.85. The van der Waals surface area contributed by atoms with E-state index >= 15 is 0 Å². The Morgan fingerprint density at radius 3 is 2.33 bits per heavy atom. The second-order valence-electron chi connectivity index (χ2n) is 4.42. The number of benzene rings is 1. The maximum Gasteiger partial charge on any atom is 0.433 e. The van der Waals surface area contributed by atoms with E-state index in [4.69, 9.17) is 4.74 Å². The van der Waals surface area contributed by atoms with Crippen LogP contribution in [0.5, 0.6) is 0 Å². The topological polar surface area (TPSA) is 84.9 Å². The van der Waals surface area contributed by atoms with Crippen molar-refractivity contribution < 1.29 is 23.9 Å². The van der Waals surface area contributed by atoms with Gasteiger partial charge in [0.15, 0.2) is 0 Å². The number of nitrogens with one attached hydrogen (secondary N) is 1. The fourth-order valence-electron chi connectivity index (χ4n) is 1.61. The van der Waals surface area contributed by atoms with E-state index in [-0.39, 0.29) is 18.9 Å². The highest BCUT2D eigenvalue weighted by Gasteiger charge is 2.24. The highest BCUT2D eigenvalue weighted by molar-refractivity contribution is 6.07. The van der Waals surface area contributed by atoms with Crippen molar-refractivity contribution in [2.24, 2.45) is 0 Å². The summed E-state index contributed by atoms with van der Waals surface area (Å²) in [5, 5.41) is 0.624. The van der Waals surface area contributed by atoms with Gasteiger partial charge in [0.2, 0.25) is 5.78 Å². The van der Waals surface area contributed by atoms with Gasteiger partial charge in [-0.1, -0.05) is 43.0 Å². The molecule has 0 heterocycles. The third-order valence-electron chi connectivity index (χ3n) is 2.71. The Morgan fingerprint density at radius 2 is 1.75 bits per heavy atom. The van der Waals surface area contributed by atoms with Crippen LogP contribution in [-0.2, 0) is 14.3 Å². The van der Waals surface area contributed by atoms with Crippen LogP contribution in [0.1, 0.15) is 19.4 Å². The number of hydrazine groups is 1.